The molecule has 7 heteroatoms. The van der Waals surface area contributed by atoms with E-state index in [0.29, 0.717) is 11.3 Å². The number of rotatable bonds is 7. The zero-order valence-corrected chi connectivity index (χ0v) is 15.7. The van der Waals surface area contributed by atoms with Gasteiger partial charge in [0.05, 0.1) is 11.4 Å². The summed E-state index contributed by atoms with van der Waals surface area (Å²) in [6.45, 7) is 4.18. The molecule has 0 spiro atoms. The van der Waals surface area contributed by atoms with Gasteiger partial charge in [0.2, 0.25) is 0 Å². The molecule has 0 fully saturated rings. The van der Waals surface area contributed by atoms with Crippen molar-refractivity contribution in [3.8, 4) is 22.7 Å². The van der Waals surface area contributed by atoms with E-state index in [1.807, 2.05) is 12.3 Å². The van der Waals surface area contributed by atoms with Gasteiger partial charge in [-0.05, 0) is 37.1 Å². The van der Waals surface area contributed by atoms with Gasteiger partial charge in [0.15, 0.2) is 5.82 Å². The molecule has 3 N–H and O–H groups in total. The third-order valence-electron chi connectivity index (χ3n) is 4.74. The van der Waals surface area contributed by atoms with Crippen molar-refractivity contribution >= 4 is 5.82 Å². The molecule has 2 heterocycles. The molecule has 1 aromatic carbocycles. The van der Waals surface area contributed by atoms with Gasteiger partial charge in [0.1, 0.15) is 5.75 Å². The molecule has 0 saturated heterocycles. The lowest BCUT2D eigenvalue weighted by molar-refractivity contribution is 0.425. The third-order valence-corrected chi connectivity index (χ3v) is 4.74. The normalized spacial score (nSPS) is 12.2. The maximum Gasteiger partial charge on any atom is 0.293 e. The molecule has 0 bridgehead atoms. The van der Waals surface area contributed by atoms with Crippen LogP contribution in [0.25, 0.3) is 16.9 Å². The minimum Gasteiger partial charge on any atom is -0.507 e. The second-order valence-electron chi connectivity index (χ2n) is 6.58. The number of aromatic hydroxyl groups is 1. The van der Waals surface area contributed by atoms with Crippen LogP contribution in [-0.4, -0.2) is 24.4 Å². The Balaban J connectivity index is 2.10. The average Bonchev–Trinajstić information content (AvgIpc) is 3.20. The summed E-state index contributed by atoms with van der Waals surface area (Å²) in [6, 6.07) is 7.02. The molecule has 27 heavy (non-hydrogen) atoms. The molecule has 142 valence electrons. The number of anilines is 1. The van der Waals surface area contributed by atoms with Gasteiger partial charge in [0, 0.05) is 30.2 Å². The highest BCUT2D eigenvalue weighted by Crippen LogP contribution is 2.30. The number of nitrogens with zero attached hydrogens (tertiary/aromatic N) is 4. The summed E-state index contributed by atoms with van der Waals surface area (Å²) in [5, 5.41) is 14.6. The molecule has 0 aliphatic carbocycles. The molecule has 1 atom stereocenters. The van der Waals surface area contributed by atoms with E-state index >= 15 is 0 Å². The van der Waals surface area contributed by atoms with Gasteiger partial charge < -0.3 is 15.4 Å². The lowest BCUT2D eigenvalue weighted by Crippen LogP contribution is -2.28. The molecule has 0 amide bonds. The van der Waals surface area contributed by atoms with Crippen molar-refractivity contribution in [2.24, 2.45) is 0 Å². The number of phenolic OH excluding ortho intramolecular Hbond substituents is 1. The fourth-order valence-electron chi connectivity index (χ4n) is 3.20. The first-order chi connectivity index (χ1) is 13.0. The van der Waals surface area contributed by atoms with E-state index in [1.165, 1.54) is 0 Å². The summed E-state index contributed by atoms with van der Waals surface area (Å²) in [5.74, 6) is 0.0101. The zero-order chi connectivity index (χ0) is 19.4. The smallest absolute Gasteiger partial charge is 0.293 e. The van der Waals surface area contributed by atoms with E-state index in [1.54, 1.807) is 39.8 Å². The number of benzene rings is 1. The predicted octanol–water partition coefficient (Wildman–Crippen LogP) is 3.53. The van der Waals surface area contributed by atoms with Gasteiger partial charge in [0.25, 0.3) is 5.56 Å². The van der Waals surface area contributed by atoms with E-state index in [9.17, 15) is 9.90 Å². The molecule has 0 aliphatic heterocycles. The van der Waals surface area contributed by atoms with Crippen molar-refractivity contribution in [1.29, 1.82) is 0 Å². The number of phenols is 1. The molecule has 2 aromatic heterocycles. The van der Waals surface area contributed by atoms with Crippen LogP contribution in [0.5, 0.6) is 5.75 Å². The van der Waals surface area contributed by atoms with Crippen LogP contribution < -0.4 is 11.3 Å². The lowest BCUT2D eigenvalue weighted by atomic mass is 10.1. The Kier molecular flexibility index (Phi) is 5.59. The van der Waals surface area contributed by atoms with E-state index in [2.05, 4.69) is 23.9 Å². The summed E-state index contributed by atoms with van der Waals surface area (Å²) in [4.78, 5) is 16.8. The molecule has 0 saturated carbocycles. The van der Waals surface area contributed by atoms with E-state index < -0.39 is 0 Å². The number of unbranched alkanes of at least 4 members (excludes halogenated alkanes) is 1. The SMILES string of the molecule is CCCCC(CC)n1cc(-c2cc(-n3cccn3)ccc2O)nc(N)c1=O. The van der Waals surface area contributed by atoms with Gasteiger partial charge in [-0.25, -0.2) is 9.67 Å². The Morgan fingerprint density at radius 2 is 2.11 bits per heavy atom. The second-order valence-corrected chi connectivity index (χ2v) is 6.58. The summed E-state index contributed by atoms with van der Waals surface area (Å²) in [7, 11) is 0. The molecular weight excluding hydrogens is 342 g/mol. The van der Waals surface area contributed by atoms with E-state index in [0.717, 1.165) is 31.4 Å². The standard InChI is InChI=1S/C20H25N5O2/c1-3-5-7-14(4-2)24-13-17(23-19(21)20(24)27)16-12-15(8-9-18(16)26)25-11-6-10-22-25/h6,8-14,26H,3-5,7H2,1-2H3,(H2,21,23). The monoisotopic (exact) mass is 367 g/mol. The Labute approximate surface area is 158 Å². The van der Waals surface area contributed by atoms with Crippen LogP contribution in [-0.2, 0) is 0 Å². The van der Waals surface area contributed by atoms with E-state index in [-0.39, 0.29) is 23.2 Å². The van der Waals surface area contributed by atoms with Gasteiger partial charge in [-0.1, -0.05) is 26.7 Å². The minimum atomic E-state index is -0.288. The Bertz CT molecular complexity index is 963. The van der Waals surface area contributed by atoms with Crippen LogP contribution in [0.1, 0.15) is 45.6 Å². The molecule has 3 rings (SSSR count). The number of nitrogen functional groups attached to an aromatic ring is 1. The topological polar surface area (TPSA) is 99.0 Å². The quantitative estimate of drug-likeness (QED) is 0.665. The molecule has 1 unspecified atom stereocenters. The molecule has 3 aromatic rings. The maximum absolute atomic E-state index is 12.6. The maximum atomic E-state index is 12.6. The number of aromatic nitrogens is 4. The number of nitrogens with two attached hydrogens (primary N) is 1. The fraction of sp³-hybridized carbons (Fsp3) is 0.350. The number of hydrogen-bond donors (Lipinski definition) is 2. The van der Waals surface area contributed by atoms with Gasteiger partial charge in [-0.15, -0.1) is 0 Å². The zero-order valence-electron chi connectivity index (χ0n) is 15.7. The molecule has 0 aliphatic rings. The summed E-state index contributed by atoms with van der Waals surface area (Å²) in [5.41, 5.74) is 7.39. The van der Waals surface area contributed by atoms with Crippen LogP contribution in [0.15, 0.2) is 47.7 Å². The molecule has 7 nitrogen and oxygen atoms in total. The predicted molar refractivity (Wildman–Crippen MR) is 106 cm³/mol. The van der Waals surface area contributed by atoms with Crippen molar-refractivity contribution < 1.29 is 5.11 Å². The van der Waals surface area contributed by atoms with Crippen LogP contribution >= 0.6 is 0 Å². The number of hydrogen-bond acceptors (Lipinski definition) is 5. The molecular formula is C20H25N5O2. The third kappa shape index (κ3) is 3.86. The van der Waals surface area contributed by atoms with E-state index in [4.69, 9.17) is 5.73 Å². The second kappa shape index (κ2) is 8.07. The van der Waals surface area contributed by atoms with Crippen LogP contribution in [0.3, 0.4) is 0 Å². The van der Waals surface area contributed by atoms with Crippen LogP contribution in [0.2, 0.25) is 0 Å². The summed E-state index contributed by atoms with van der Waals surface area (Å²) in [6.07, 6.45) is 9.01. The van der Waals surface area contributed by atoms with Crippen LogP contribution in [0, 0.1) is 0 Å². The van der Waals surface area contributed by atoms with Crippen LogP contribution in [0.4, 0.5) is 5.82 Å². The highest BCUT2D eigenvalue weighted by atomic mass is 16.3. The van der Waals surface area contributed by atoms with Crippen molar-refractivity contribution in [2.45, 2.75) is 45.6 Å². The fourth-order valence-corrected chi connectivity index (χ4v) is 3.20. The molecule has 0 radical (unpaired) electrons. The summed E-state index contributed by atoms with van der Waals surface area (Å²) >= 11 is 0. The Hall–Kier alpha value is -3.09. The average molecular weight is 367 g/mol. The first-order valence-corrected chi connectivity index (χ1v) is 9.27. The van der Waals surface area contributed by atoms with Crippen molar-refractivity contribution in [3.05, 3.63) is 53.2 Å². The first kappa shape index (κ1) is 18.7. The lowest BCUT2D eigenvalue weighted by Gasteiger charge is -2.19. The highest BCUT2D eigenvalue weighted by Gasteiger charge is 2.17. The van der Waals surface area contributed by atoms with Gasteiger partial charge >= 0.3 is 0 Å². The first-order valence-electron chi connectivity index (χ1n) is 9.27. The van der Waals surface area contributed by atoms with Crippen molar-refractivity contribution in [2.75, 3.05) is 5.73 Å². The largest absolute Gasteiger partial charge is 0.507 e. The van der Waals surface area contributed by atoms with Gasteiger partial charge in [-0.3, -0.25) is 4.79 Å². The Morgan fingerprint density at radius 3 is 2.78 bits per heavy atom. The Morgan fingerprint density at radius 1 is 1.30 bits per heavy atom. The summed E-state index contributed by atoms with van der Waals surface area (Å²) < 4.78 is 3.35. The van der Waals surface area contributed by atoms with Gasteiger partial charge in [-0.2, -0.15) is 5.10 Å². The highest BCUT2D eigenvalue weighted by molar-refractivity contribution is 5.69. The van der Waals surface area contributed by atoms with Crippen molar-refractivity contribution in [3.63, 3.8) is 0 Å². The van der Waals surface area contributed by atoms with Crippen molar-refractivity contribution in [1.82, 2.24) is 19.3 Å². The minimum absolute atomic E-state index is 0.0536.